The number of hydrogen-bond acceptors (Lipinski definition) is 6. The normalized spacial score (nSPS) is 11.8. The Kier molecular flexibility index (Phi) is 7.77. The number of carbonyl (C=O) groups is 1. The van der Waals surface area contributed by atoms with Crippen LogP contribution in [-0.2, 0) is 12.0 Å². The minimum absolute atomic E-state index is 0.0650. The number of fused-ring (bicyclic) bond motifs is 1. The Hall–Kier alpha value is -2.61. The minimum atomic E-state index is -0.0853. The van der Waals surface area contributed by atoms with Gasteiger partial charge in [-0.05, 0) is 29.5 Å². The molecule has 1 aromatic carbocycles. The van der Waals surface area contributed by atoms with Crippen LogP contribution in [0.3, 0.4) is 0 Å². The molecule has 2 N–H and O–H groups in total. The number of hydrogen-bond donors (Lipinski definition) is 2. The van der Waals surface area contributed by atoms with Crippen molar-refractivity contribution < 1.29 is 4.79 Å². The number of anilines is 1. The third-order valence-electron chi connectivity index (χ3n) is 4.98. The van der Waals surface area contributed by atoms with Gasteiger partial charge in [0.1, 0.15) is 5.82 Å². The number of nitrogens with one attached hydrogen (secondary N) is 2. The van der Waals surface area contributed by atoms with E-state index in [1.165, 1.54) is 5.56 Å². The lowest BCUT2D eigenvalue weighted by Crippen LogP contribution is -2.27. The van der Waals surface area contributed by atoms with Crippen molar-refractivity contribution in [3.8, 4) is 0 Å². The predicted molar refractivity (Wildman–Crippen MR) is 133 cm³/mol. The molecule has 0 spiro atoms. The first kappa shape index (κ1) is 24.0. The monoisotopic (exact) mass is 454 g/mol. The molecule has 0 bridgehead atoms. The molecule has 172 valence electrons. The second-order valence-electron chi connectivity index (χ2n) is 9.14. The molecule has 7 nitrogen and oxygen atoms in total. The van der Waals surface area contributed by atoms with Crippen molar-refractivity contribution in [2.45, 2.75) is 70.3 Å². The maximum atomic E-state index is 12.6. The van der Waals surface area contributed by atoms with Crippen molar-refractivity contribution in [2.24, 2.45) is 0 Å². The molecule has 0 saturated carbocycles. The van der Waals surface area contributed by atoms with Crippen LogP contribution in [0.5, 0.6) is 0 Å². The number of rotatable bonds is 9. The summed E-state index contributed by atoms with van der Waals surface area (Å²) in [5, 5.41) is 12.9. The van der Waals surface area contributed by atoms with E-state index in [0.717, 1.165) is 35.0 Å². The molecule has 8 heteroatoms. The molecule has 3 rings (SSSR count). The zero-order valence-electron chi connectivity index (χ0n) is 19.9. The highest BCUT2D eigenvalue weighted by atomic mass is 32.2. The summed E-state index contributed by atoms with van der Waals surface area (Å²) in [5.41, 5.74) is 2.72. The van der Waals surface area contributed by atoms with Crippen LogP contribution in [0.15, 0.2) is 35.6 Å². The van der Waals surface area contributed by atoms with Crippen LogP contribution in [0.2, 0.25) is 0 Å². The first-order chi connectivity index (χ1) is 15.2. The second-order valence-corrected chi connectivity index (χ2v) is 10.7. The average molecular weight is 455 g/mol. The van der Waals surface area contributed by atoms with Crippen LogP contribution in [0, 0.1) is 0 Å². The van der Waals surface area contributed by atoms with Crippen molar-refractivity contribution in [3.05, 3.63) is 41.6 Å². The first-order valence-electron chi connectivity index (χ1n) is 11.2. The number of aromatic nitrogens is 4. The van der Waals surface area contributed by atoms with Crippen molar-refractivity contribution >= 4 is 34.5 Å². The standard InChI is InChI=1S/C24H34N6OS/c1-7-12-25-20-19-15-27-30(21(19)29-23(28-20)32-16(2)3)14-13-26-22(31)17-8-10-18(11-9-17)24(4,5)6/h8-11,15-16H,7,12-14H2,1-6H3,(H,26,31)(H,25,28,29). The SMILES string of the molecule is CCCNc1nc(SC(C)C)nc2c1cnn2CCNC(=O)c1ccc(C(C)(C)C)cc1. The quantitative estimate of drug-likeness (QED) is 0.354. The summed E-state index contributed by atoms with van der Waals surface area (Å²) >= 11 is 1.63. The van der Waals surface area contributed by atoms with Gasteiger partial charge >= 0.3 is 0 Å². The fourth-order valence-corrected chi connectivity index (χ4v) is 3.94. The highest BCUT2D eigenvalue weighted by Gasteiger charge is 2.16. The van der Waals surface area contributed by atoms with Gasteiger partial charge in [0.15, 0.2) is 10.8 Å². The van der Waals surface area contributed by atoms with Crippen molar-refractivity contribution in [2.75, 3.05) is 18.4 Å². The summed E-state index contributed by atoms with van der Waals surface area (Å²) in [4.78, 5) is 22.0. The molecule has 0 unspecified atom stereocenters. The lowest BCUT2D eigenvalue weighted by molar-refractivity contribution is 0.0952. The summed E-state index contributed by atoms with van der Waals surface area (Å²) in [6.07, 6.45) is 2.80. The molecule has 3 aromatic rings. The summed E-state index contributed by atoms with van der Waals surface area (Å²) < 4.78 is 1.83. The van der Waals surface area contributed by atoms with Gasteiger partial charge in [0, 0.05) is 23.9 Å². The summed E-state index contributed by atoms with van der Waals surface area (Å²) in [7, 11) is 0. The minimum Gasteiger partial charge on any atom is -0.369 e. The molecular formula is C24H34N6OS. The van der Waals surface area contributed by atoms with E-state index >= 15 is 0 Å². The van der Waals surface area contributed by atoms with Gasteiger partial charge in [-0.25, -0.2) is 14.6 Å². The summed E-state index contributed by atoms with van der Waals surface area (Å²) in [5.74, 6) is 0.729. The Labute approximate surface area is 194 Å². The molecule has 0 radical (unpaired) electrons. The Balaban J connectivity index is 1.71. The van der Waals surface area contributed by atoms with Gasteiger partial charge in [0.05, 0.1) is 18.1 Å². The Bertz CT molecular complexity index is 1050. The van der Waals surface area contributed by atoms with Gasteiger partial charge in [0.25, 0.3) is 5.91 Å². The highest BCUT2D eigenvalue weighted by Crippen LogP contribution is 2.26. The van der Waals surface area contributed by atoms with E-state index in [4.69, 9.17) is 4.98 Å². The third kappa shape index (κ3) is 6.00. The smallest absolute Gasteiger partial charge is 0.251 e. The van der Waals surface area contributed by atoms with Crippen LogP contribution in [0.1, 0.15) is 63.9 Å². The summed E-state index contributed by atoms with van der Waals surface area (Å²) in [6.45, 7) is 14.7. The molecule has 0 atom stereocenters. The van der Waals surface area contributed by atoms with Gasteiger partial charge in [0.2, 0.25) is 0 Å². The molecule has 0 aliphatic carbocycles. The molecule has 1 amide bonds. The second kappa shape index (κ2) is 10.3. The van der Waals surface area contributed by atoms with E-state index in [1.54, 1.807) is 18.0 Å². The van der Waals surface area contributed by atoms with Gasteiger partial charge in [-0.3, -0.25) is 4.79 Å². The van der Waals surface area contributed by atoms with E-state index in [1.807, 2.05) is 28.9 Å². The van der Waals surface area contributed by atoms with Crippen LogP contribution >= 0.6 is 11.8 Å². The fraction of sp³-hybridized carbons (Fsp3) is 0.500. The number of amides is 1. The van der Waals surface area contributed by atoms with Crippen LogP contribution in [0.25, 0.3) is 11.0 Å². The van der Waals surface area contributed by atoms with Crippen molar-refractivity contribution in [3.63, 3.8) is 0 Å². The molecule has 2 heterocycles. The zero-order chi connectivity index (χ0) is 23.3. The molecule has 0 saturated heterocycles. The van der Waals surface area contributed by atoms with Gasteiger partial charge < -0.3 is 10.6 Å². The Morgan fingerprint density at radius 1 is 1.12 bits per heavy atom. The number of carbonyl (C=O) groups excluding carboxylic acids is 1. The topological polar surface area (TPSA) is 84.7 Å². The molecule has 32 heavy (non-hydrogen) atoms. The van der Waals surface area contributed by atoms with Gasteiger partial charge in [-0.1, -0.05) is 65.4 Å². The van der Waals surface area contributed by atoms with Crippen LogP contribution in [-0.4, -0.2) is 44.0 Å². The highest BCUT2D eigenvalue weighted by molar-refractivity contribution is 7.99. The fourth-order valence-electron chi connectivity index (χ4n) is 3.24. The molecule has 2 aromatic heterocycles. The van der Waals surface area contributed by atoms with E-state index in [9.17, 15) is 4.79 Å². The van der Waals surface area contributed by atoms with E-state index in [-0.39, 0.29) is 11.3 Å². The maximum absolute atomic E-state index is 12.6. The molecule has 0 aliphatic heterocycles. The average Bonchev–Trinajstić information content (AvgIpc) is 3.14. The van der Waals surface area contributed by atoms with Crippen LogP contribution < -0.4 is 10.6 Å². The van der Waals surface area contributed by atoms with Gasteiger partial charge in [-0.15, -0.1) is 0 Å². The van der Waals surface area contributed by atoms with E-state index in [0.29, 0.717) is 23.9 Å². The summed E-state index contributed by atoms with van der Waals surface area (Å²) in [6, 6.07) is 7.80. The van der Waals surface area contributed by atoms with Crippen molar-refractivity contribution in [1.82, 2.24) is 25.1 Å². The predicted octanol–water partition coefficient (Wildman–Crippen LogP) is 4.88. The molecule has 0 aliphatic rings. The first-order valence-corrected chi connectivity index (χ1v) is 12.1. The number of benzene rings is 1. The Morgan fingerprint density at radius 2 is 1.84 bits per heavy atom. The van der Waals surface area contributed by atoms with Gasteiger partial charge in [-0.2, -0.15) is 5.10 Å². The third-order valence-corrected chi connectivity index (χ3v) is 5.85. The number of thioether (sulfide) groups is 1. The molecule has 0 fully saturated rings. The lowest BCUT2D eigenvalue weighted by atomic mass is 9.87. The van der Waals surface area contributed by atoms with Crippen LogP contribution in [0.4, 0.5) is 5.82 Å². The Morgan fingerprint density at radius 3 is 2.47 bits per heavy atom. The molecular weight excluding hydrogens is 420 g/mol. The maximum Gasteiger partial charge on any atom is 0.251 e. The largest absolute Gasteiger partial charge is 0.369 e. The van der Waals surface area contributed by atoms with E-state index in [2.05, 4.69) is 62.3 Å². The lowest BCUT2D eigenvalue weighted by Gasteiger charge is -2.19. The van der Waals surface area contributed by atoms with Crippen molar-refractivity contribution in [1.29, 1.82) is 0 Å². The number of nitrogens with zero attached hydrogens (tertiary/aromatic N) is 4. The van der Waals surface area contributed by atoms with E-state index < -0.39 is 0 Å². The zero-order valence-corrected chi connectivity index (χ0v) is 20.7.